The van der Waals surface area contributed by atoms with Crippen LogP contribution in [-0.2, 0) is 35.2 Å². The molecule has 60 heavy (non-hydrogen) atoms. The van der Waals surface area contributed by atoms with Crippen LogP contribution in [0.15, 0.2) is 59.4 Å². The highest BCUT2D eigenvalue weighted by molar-refractivity contribution is 5.89. The van der Waals surface area contributed by atoms with Gasteiger partial charge in [0, 0.05) is 11.6 Å². The number of nitrogens with zero attached hydrogens (tertiary/aromatic N) is 8. The van der Waals surface area contributed by atoms with Gasteiger partial charge >= 0.3 is 18.2 Å². The zero-order valence-electron chi connectivity index (χ0n) is 32.3. The minimum absolute atomic E-state index is 0.0830. The van der Waals surface area contributed by atoms with Crippen LogP contribution >= 0.6 is 0 Å². The minimum Gasteiger partial charge on any atom is -0.464 e. The molecule has 0 fully saturated rings. The quantitative estimate of drug-likeness (QED) is 0.0351. The number of ether oxygens (including phenoxy) is 4. The number of carbonyl (C=O) groups excluding carboxylic acids is 3. The number of aromatic nitrogens is 7. The molecule has 0 aliphatic heterocycles. The van der Waals surface area contributed by atoms with Gasteiger partial charge in [-0.3, -0.25) is 39.9 Å². The Bertz CT molecular complexity index is 2260. The number of rotatable bonds is 21. The SMILES string of the molecule is Cc1nc(C)c2c(OC(=O)NC(COC(=O)OCCCCON(O)O)C(=O)OCCCCON(O)O)cc(=O)n(Cc3ccc(-c4ccccc4-c4nn[nH]n4)cc3)c2n1. The summed E-state index contributed by atoms with van der Waals surface area (Å²) in [6.07, 6.45) is -1.41. The second-order valence-electron chi connectivity index (χ2n) is 12.7. The summed E-state index contributed by atoms with van der Waals surface area (Å²) in [6, 6.07) is 14.6. The zero-order chi connectivity index (χ0) is 43.0. The predicted molar refractivity (Wildman–Crippen MR) is 200 cm³/mol. The van der Waals surface area contributed by atoms with Crippen molar-refractivity contribution in [2.75, 3.05) is 33.0 Å². The maximum Gasteiger partial charge on any atom is 0.508 e. The Balaban J connectivity index is 1.29. The number of pyridine rings is 1. The molecule has 0 spiro atoms. The van der Waals surface area contributed by atoms with E-state index in [4.69, 9.17) is 39.8 Å². The van der Waals surface area contributed by atoms with E-state index in [1.807, 2.05) is 48.5 Å². The lowest BCUT2D eigenvalue weighted by molar-refractivity contribution is -0.492. The van der Waals surface area contributed by atoms with Crippen LogP contribution in [0.5, 0.6) is 5.75 Å². The third kappa shape index (κ3) is 13.0. The molecular formula is C36H42N10O14. The minimum atomic E-state index is -1.62. The summed E-state index contributed by atoms with van der Waals surface area (Å²) in [6.45, 7) is 2.11. The van der Waals surface area contributed by atoms with Gasteiger partial charge < -0.3 is 24.3 Å². The Morgan fingerprint density at radius 2 is 1.48 bits per heavy atom. The third-order valence-corrected chi connectivity index (χ3v) is 8.43. The summed E-state index contributed by atoms with van der Waals surface area (Å²) in [5, 5.41) is 50.3. The Kier molecular flexibility index (Phi) is 16.4. The van der Waals surface area contributed by atoms with Crippen molar-refractivity contribution >= 4 is 29.3 Å². The molecule has 3 heterocycles. The van der Waals surface area contributed by atoms with Crippen molar-refractivity contribution in [2.45, 2.75) is 52.1 Å². The molecular weight excluding hydrogens is 796 g/mol. The van der Waals surface area contributed by atoms with E-state index in [0.29, 0.717) is 17.3 Å². The number of nitrogens with one attached hydrogen (secondary N) is 2. The first-order chi connectivity index (χ1) is 28.9. The van der Waals surface area contributed by atoms with Crippen molar-refractivity contribution < 1.29 is 63.8 Å². The van der Waals surface area contributed by atoms with Crippen molar-refractivity contribution in [1.82, 2.24) is 51.3 Å². The van der Waals surface area contributed by atoms with E-state index >= 15 is 0 Å². The van der Waals surface area contributed by atoms with Gasteiger partial charge in [-0.1, -0.05) is 48.5 Å². The van der Waals surface area contributed by atoms with E-state index in [2.05, 4.69) is 45.6 Å². The van der Waals surface area contributed by atoms with Crippen LogP contribution in [0.3, 0.4) is 0 Å². The fourth-order valence-electron chi connectivity index (χ4n) is 5.72. The molecule has 1 amide bonds. The molecule has 2 aromatic carbocycles. The topological polar surface area (TPSA) is 308 Å². The van der Waals surface area contributed by atoms with Crippen LogP contribution in [-0.4, -0.2) is 124 Å². The van der Waals surface area contributed by atoms with Gasteiger partial charge in [0.2, 0.25) is 5.82 Å². The molecule has 1 atom stereocenters. The van der Waals surface area contributed by atoms with Crippen molar-refractivity contribution in [3.63, 3.8) is 0 Å². The molecule has 6 N–H and O–H groups in total. The molecule has 0 aliphatic rings. The smallest absolute Gasteiger partial charge is 0.464 e. The average Bonchev–Trinajstić information content (AvgIpc) is 3.75. The summed E-state index contributed by atoms with van der Waals surface area (Å²) < 4.78 is 22.2. The molecule has 0 bridgehead atoms. The average molecular weight is 839 g/mol. The number of aromatic amines is 1. The maximum atomic E-state index is 13.7. The van der Waals surface area contributed by atoms with Gasteiger partial charge in [-0.05, 0) is 61.4 Å². The van der Waals surface area contributed by atoms with E-state index in [9.17, 15) is 19.2 Å². The van der Waals surface area contributed by atoms with Gasteiger partial charge in [0.15, 0.2) is 17.4 Å². The summed E-state index contributed by atoms with van der Waals surface area (Å²) in [5.74, 6) is -0.449. The number of aryl methyl sites for hydroxylation is 2. The van der Waals surface area contributed by atoms with E-state index < -0.39 is 47.2 Å². The van der Waals surface area contributed by atoms with E-state index in [-0.39, 0.29) is 75.4 Å². The first-order valence-corrected chi connectivity index (χ1v) is 18.3. The van der Waals surface area contributed by atoms with Crippen LogP contribution in [0.4, 0.5) is 9.59 Å². The summed E-state index contributed by atoms with van der Waals surface area (Å²) in [5.41, 5.74) is 3.27. The van der Waals surface area contributed by atoms with Gasteiger partial charge in [0.25, 0.3) is 5.56 Å². The van der Waals surface area contributed by atoms with E-state index in [0.717, 1.165) is 28.3 Å². The predicted octanol–water partition coefficient (Wildman–Crippen LogP) is 3.04. The highest BCUT2D eigenvalue weighted by Gasteiger charge is 2.27. The number of unbranched alkanes of at least 4 members (excludes halogenated alkanes) is 2. The number of hydrogen-bond donors (Lipinski definition) is 6. The number of amides is 1. The molecule has 0 aliphatic carbocycles. The highest BCUT2D eigenvalue weighted by atomic mass is 17.1. The number of fused-ring (bicyclic) bond motifs is 1. The zero-order valence-corrected chi connectivity index (χ0v) is 32.3. The molecule has 0 radical (unpaired) electrons. The molecule has 0 saturated heterocycles. The van der Waals surface area contributed by atoms with E-state index in [1.165, 1.54) is 4.57 Å². The summed E-state index contributed by atoms with van der Waals surface area (Å²) in [7, 11) is 0. The van der Waals surface area contributed by atoms with Crippen LogP contribution < -0.4 is 15.6 Å². The number of hydrogen-bond acceptors (Lipinski definition) is 21. The molecule has 24 nitrogen and oxygen atoms in total. The van der Waals surface area contributed by atoms with Gasteiger partial charge in [0.05, 0.1) is 54.8 Å². The van der Waals surface area contributed by atoms with E-state index in [1.54, 1.807) is 13.8 Å². The molecule has 5 aromatic rings. The number of H-pyrrole nitrogens is 1. The monoisotopic (exact) mass is 838 g/mol. The first-order valence-electron chi connectivity index (χ1n) is 18.3. The van der Waals surface area contributed by atoms with Gasteiger partial charge in [0.1, 0.15) is 12.4 Å². The number of tetrazole rings is 1. The maximum absolute atomic E-state index is 13.7. The Hall–Kier alpha value is -6.51. The summed E-state index contributed by atoms with van der Waals surface area (Å²) in [4.78, 5) is 70.1. The normalized spacial score (nSPS) is 11.8. The summed E-state index contributed by atoms with van der Waals surface area (Å²) >= 11 is 0. The largest absolute Gasteiger partial charge is 0.508 e. The molecule has 1 unspecified atom stereocenters. The first kappa shape index (κ1) is 44.6. The molecule has 24 heteroatoms. The lowest BCUT2D eigenvalue weighted by atomic mass is 9.98. The number of esters is 1. The van der Waals surface area contributed by atoms with Crippen LogP contribution in [0.2, 0.25) is 0 Å². The molecule has 0 saturated carbocycles. The molecule has 3 aromatic heterocycles. The number of carbonyl (C=O) groups is 3. The van der Waals surface area contributed by atoms with Gasteiger partial charge in [-0.2, -0.15) is 5.21 Å². The van der Waals surface area contributed by atoms with Gasteiger partial charge in [-0.25, -0.2) is 24.4 Å². The fourth-order valence-corrected chi connectivity index (χ4v) is 5.72. The standard InChI is InChI=1S/C36H42N10O14/c1-22-31-29(60-35(49)39-28(34(48)55-15-5-7-17-58-45(51)52)21-57-36(50)56-16-6-8-18-59-46(53)54)19-30(47)44(33(31)38-23(2)37-22)20-24-11-13-25(14-12-24)26-9-3-4-10-27(26)32-40-42-43-41-32/h3-4,9-14,19,28,51-54H,5-8,15-18,20-21H2,1-2H3,(H,39,49)(H,40,41,42,43). The lowest BCUT2D eigenvalue weighted by Crippen LogP contribution is -2.46. The Morgan fingerprint density at radius 1 is 0.833 bits per heavy atom. The van der Waals surface area contributed by atoms with Crippen molar-refractivity contribution in [1.29, 1.82) is 0 Å². The van der Waals surface area contributed by atoms with Crippen LogP contribution in [0, 0.1) is 13.8 Å². The second kappa shape index (κ2) is 22.0. The Labute approximate surface area is 339 Å². The van der Waals surface area contributed by atoms with Crippen molar-refractivity contribution in [2.24, 2.45) is 0 Å². The van der Waals surface area contributed by atoms with Crippen LogP contribution in [0.25, 0.3) is 33.5 Å². The highest BCUT2D eigenvalue weighted by Crippen LogP contribution is 2.30. The Morgan fingerprint density at radius 3 is 2.13 bits per heavy atom. The number of benzene rings is 2. The van der Waals surface area contributed by atoms with Gasteiger partial charge in [-0.15, -0.1) is 10.2 Å². The lowest BCUT2D eigenvalue weighted by Gasteiger charge is -2.19. The van der Waals surface area contributed by atoms with Crippen molar-refractivity contribution in [3.8, 4) is 28.3 Å². The van der Waals surface area contributed by atoms with Crippen molar-refractivity contribution in [3.05, 3.63) is 82.0 Å². The third-order valence-electron chi connectivity index (χ3n) is 8.43. The fraction of sp³-hybridized carbons (Fsp3) is 0.361. The second-order valence-corrected chi connectivity index (χ2v) is 12.7. The van der Waals surface area contributed by atoms with Crippen LogP contribution in [0.1, 0.15) is 42.8 Å². The molecule has 320 valence electrons. The molecule has 5 rings (SSSR count).